The average Bonchev–Trinajstić information content (AvgIpc) is 2.76. The Labute approximate surface area is 103 Å². The van der Waals surface area contributed by atoms with Gasteiger partial charge in [0.1, 0.15) is 12.2 Å². The predicted octanol–water partition coefficient (Wildman–Crippen LogP) is 0.660. The first-order valence-corrected chi connectivity index (χ1v) is 6.11. The van der Waals surface area contributed by atoms with Crippen LogP contribution in [0.4, 0.5) is 0 Å². The van der Waals surface area contributed by atoms with E-state index in [1.165, 1.54) is 0 Å². The minimum Gasteiger partial charge on any atom is -0.380 e. The number of hydrogen-bond acceptors (Lipinski definition) is 5. The monoisotopic (exact) mass is 241 g/mol. The van der Waals surface area contributed by atoms with Crippen LogP contribution in [-0.4, -0.2) is 34.0 Å². The molecule has 0 aliphatic heterocycles. The maximum atomic E-state index is 5.51. The second kappa shape index (κ2) is 7.37. The highest BCUT2D eigenvalue weighted by Gasteiger charge is 2.14. The lowest BCUT2D eigenvalue weighted by Crippen LogP contribution is -2.41. The highest BCUT2D eigenvalue weighted by Crippen LogP contribution is 2.07. The third-order valence-electron chi connectivity index (χ3n) is 2.47. The van der Waals surface area contributed by atoms with Gasteiger partial charge in [-0.05, 0) is 20.3 Å². The first-order valence-electron chi connectivity index (χ1n) is 6.11. The summed E-state index contributed by atoms with van der Waals surface area (Å²) in [6.45, 7) is 7.60. The molecule has 0 aliphatic carbocycles. The normalized spacial score (nSPS) is 13.2. The van der Waals surface area contributed by atoms with E-state index in [0.717, 1.165) is 25.3 Å². The lowest BCUT2D eigenvalue weighted by molar-refractivity contribution is 0.111. The summed E-state index contributed by atoms with van der Waals surface area (Å²) in [6.07, 6.45) is 3.31. The lowest BCUT2D eigenvalue weighted by atomic mass is 10.2. The first kappa shape index (κ1) is 14.1. The fourth-order valence-corrected chi connectivity index (χ4v) is 1.61. The van der Waals surface area contributed by atoms with Crippen molar-refractivity contribution in [3.63, 3.8) is 0 Å². The third kappa shape index (κ3) is 4.41. The second-order valence-corrected chi connectivity index (χ2v) is 4.36. The van der Waals surface area contributed by atoms with E-state index in [4.69, 9.17) is 10.6 Å². The molecular formula is C11H23N5O. The Bertz CT molecular complexity index is 313. The number of ether oxygens (including phenoxy) is 1. The van der Waals surface area contributed by atoms with E-state index in [1.807, 2.05) is 4.68 Å². The molecule has 0 fully saturated rings. The lowest BCUT2D eigenvalue weighted by Gasteiger charge is -2.17. The Balaban J connectivity index is 2.51. The quantitative estimate of drug-likeness (QED) is 0.397. The maximum absolute atomic E-state index is 5.51. The van der Waals surface area contributed by atoms with Crippen molar-refractivity contribution in [1.29, 1.82) is 0 Å². The molecule has 6 nitrogen and oxygen atoms in total. The SMILES string of the molecule is CCCOCC(Cc1ncnn1C(C)C)NN. The van der Waals surface area contributed by atoms with Crippen molar-refractivity contribution in [2.24, 2.45) is 5.84 Å². The summed E-state index contributed by atoms with van der Waals surface area (Å²) in [4.78, 5) is 4.25. The number of hydrazine groups is 1. The molecule has 0 aromatic carbocycles. The predicted molar refractivity (Wildman–Crippen MR) is 66.3 cm³/mol. The van der Waals surface area contributed by atoms with Gasteiger partial charge in [-0.25, -0.2) is 9.67 Å². The Kier molecular flexibility index (Phi) is 6.10. The van der Waals surface area contributed by atoms with Crippen molar-refractivity contribution in [3.8, 4) is 0 Å². The summed E-state index contributed by atoms with van der Waals surface area (Å²) < 4.78 is 7.39. The summed E-state index contributed by atoms with van der Waals surface area (Å²) in [5.41, 5.74) is 2.76. The zero-order valence-electron chi connectivity index (χ0n) is 10.9. The van der Waals surface area contributed by atoms with E-state index in [1.54, 1.807) is 6.33 Å². The van der Waals surface area contributed by atoms with E-state index in [0.29, 0.717) is 12.6 Å². The van der Waals surface area contributed by atoms with Gasteiger partial charge in [0.05, 0.1) is 12.6 Å². The maximum Gasteiger partial charge on any atom is 0.138 e. The molecule has 0 saturated carbocycles. The van der Waals surface area contributed by atoms with Gasteiger partial charge in [-0.3, -0.25) is 11.3 Å². The van der Waals surface area contributed by atoms with Crippen molar-refractivity contribution in [1.82, 2.24) is 20.2 Å². The van der Waals surface area contributed by atoms with Gasteiger partial charge in [0.2, 0.25) is 0 Å². The summed E-state index contributed by atoms with van der Waals surface area (Å²) >= 11 is 0. The van der Waals surface area contributed by atoms with Gasteiger partial charge in [-0.1, -0.05) is 6.92 Å². The fraction of sp³-hybridized carbons (Fsp3) is 0.818. The van der Waals surface area contributed by atoms with Crippen molar-refractivity contribution in [2.75, 3.05) is 13.2 Å². The molecule has 1 unspecified atom stereocenters. The average molecular weight is 241 g/mol. The molecule has 1 atom stereocenters. The molecule has 0 spiro atoms. The molecule has 0 radical (unpaired) electrons. The van der Waals surface area contributed by atoms with Crippen LogP contribution in [0, 0.1) is 0 Å². The van der Waals surface area contributed by atoms with Crippen LogP contribution in [0.3, 0.4) is 0 Å². The van der Waals surface area contributed by atoms with Crippen LogP contribution in [0.2, 0.25) is 0 Å². The van der Waals surface area contributed by atoms with Gasteiger partial charge >= 0.3 is 0 Å². The molecule has 6 heteroatoms. The molecule has 0 bridgehead atoms. The Hall–Kier alpha value is -0.980. The Morgan fingerprint density at radius 3 is 2.88 bits per heavy atom. The van der Waals surface area contributed by atoms with Crippen molar-refractivity contribution in [3.05, 3.63) is 12.2 Å². The van der Waals surface area contributed by atoms with E-state index < -0.39 is 0 Å². The number of nitrogens with zero attached hydrogens (tertiary/aromatic N) is 3. The number of hydrogen-bond donors (Lipinski definition) is 2. The van der Waals surface area contributed by atoms with Crippen molar-refractivity contribution < 1.29 is 4.74 Å². The molecule has 1 heterocycles. The largest absolute Gasteiger partial charge is 0.380 e. The molecule has 17 heavy (non-hydrogen) atoms. The Morgan fingerprint density at radius 1 is 1.53 bits per heavy atom. The standard InChI is InChI=1S/C11H23N5O/c1-4-5-17-7-10(15-12)6-11-13-8-14-16(11)9(2)3/h8-10,15H,4-7,12H2,1-3H3. The van der Waals surface area contributed by atoms with Crippen LogP contribution in [0.5, 0.6) is 0 Å². The highest BCUT2D eigenvalue weighted by atomic mass is 16.5. The van der Waals surface area contributed by atoms with Gasteiger partial charge in [0.25, 0.3) is 0 Å². The number of rotatable bonds is 8. The molecule has 98 valence electrons. The van der Waals surface area contributed by atoms with Crippen LogP contribution in [0.25, 0.3) is 0 Å². The smallest absolute Gasteiger partial charge is 0.138 e. The number of aromatic nitrogens is 3. The van der Waals surface area contributed by atoms with E-state index in [2.05, 4.69) is 36.3 Å². The number of nitrogens with two attached hydrogens (primary N) is 1. The van der Waals surface area contributed by atoms with Crippen molar-refractivity contribution >= 4 is 0 Å². The summed E-state index contributed by atoms with van der Waals surface area (Å²) in [6, 6.07) is 0.380. The molecular weight excluding hydrogens is 218 g/mol. The van der Waals surface area contributed by atoms with Crippen LogP contribution in [0.1, 0.15) is 39.1 Å². The highest BCUT2D eigenvalue weighted by molar-refractivity contribution is 4.90. The molecule has 0 amide bonds. The van der Waals surface area contributed by atoms with Gasteiger partial charge in [-0.2, -0.15) is 5.10 Å². The summed E-state index contributed by atoms with van der Waals surface area (Å²) in [7, 11) is 0. The van der Waals surface area contributed by atoms with Crippen LogP contribution in [-0.2, 0) is 11.2 Å². The minimum absolute atomic E-state index is 0.0725. The van der Waals surface area contributed by atoms with Crippen LogP contribution >= 0.6 is 0 Å². The van der Waals surface area contributed by atoms with Gasteiger partial charge in [0.15, 0.2) is 0 Å². The second-order valence-electron chi connectivity index (χ2n) is 4.36. The zero-order valence-corrected chi connectivity index (χ0v) is 10.9. The van der Waals surface area contributed by atoms with Crippen LogP contribution < -0.4 is 11.3 Å². The summed E-state index contributed by atoms with van der Waals surface area (Å²) in [5, 5.41) is 4.20. The van der Waals surface area contributed by atoms with Gasteiger partial charge < -0.3 is 4.74 Å². The minimum atomic E-state index is 0.0725. The van der Waals surface area contributed by atoms with Gasteiger partial charge in [0, 0.05) is 19.1 Å². The topological polar surface area (TPSA) is 78.0 Å². The molecule has 0 aliphatic rings. The zero-order chi connectivity index (χ0) is 12.7. The first-order chi connectivity index (χ1) is 8.19. The molecule has 1 aromatic rings. The molecule has 1 aromatic heterocycles. The van der Waals surface area contributed by atoms with Crippen LogP contribution in [0.15, 0.2) is 6.33 Å². The Morgan fingerprint density at radius 2 is 2.29 bits per heavy atom. The fourth-order valence-electron chi connectivity index (χ4n) is 1.61. The summed E-state index contributed by atoms with van der Waals surface area (Å²) in [5.74, 6) is 6.44. The third-order valence-corrected chi connectivity index (χ3v) is 2.47. The van der Waals surface area contributed by atoms with E-state index >= 15 is 0 Å². The molecule has 3 N–H and O–H groups in total. The van der Waals surface area contributed by atoms with Crippen molar-refractivity contribution in [2.45, 2.75) is 45.7 Å². The molecule has 1 rings (SSSR count). The molecule has 0 saturated heterocycles. The number of nitrogens with one attached hydrogen (secondary N) is 1. The van der Waals surface area contributed by atoms with E-state index in [-0.39, 0.29) is 6.04 Å². The van der Waals surface area contributed by atoms with E-state index in [9.17, 15) is 0 Å². The van der Waals surface area contributed by atoms with Gasteiger partial charge in [-0.15, -0.1) is 0 Å².